The van der Waals surface area contributed by atoms with E-state index in [2.05, 4.69) is 17.4 Å². The summed E-state index contributed by atoms with van der Waals surface area (Å²) in [4.78, 5) is 16.9. The van der Waals surface area contributed by atoms with Gasteiger partial charge in [0.1, 0.15) is 12.4 Å². The molecule has 0 fully saturated rings. The van der Waals surface area contributed by atoms with Gasteiger partial charge in [0.05, 0.1) is 11.0 Å². The lowest BCUT2D eigenvalue weighted by molar-refractivity contribution is -0.121. The number of hydrogen-bond donors (Lipinski definition) is 1. The molecule has 0 atom stereocenters. The number of rotatable bonds is 6. The predicted molar refractivity (Wildman–Crippen MR) is 92.3 cm³/mol. The molecule has 2 aromatic carbocycles. The van der Waals surface area contributed by atoms with Gasteiger partial charge in [-0.15, -0.1) is 0 Å². The molecular formula is C19H21N3O. The topological polar surface area (TPSA) is 46.9 Å². The number of carbonyl (C=O) groups is 1. The highest BCUT2D eigenvalue weighted by atomic mass is 16.1. The van der Waals surface area contributed by atoms with Crippen molar-refractivity contribution in [3.63, 3.8) is 0 Å². The molecule has 1 aromatic heterocycles. The van der Waals surface area contributed by atoms with Gasteiger partial charge < -0.3 is 9.88 Å². The summed E-state index contributed by atoms with van der Waals surface area (Å²) in [7, 11) is 0. The van der Waals surface area contributed by atoms with Crippen LogP contribution >= 0.6 is 0 Å². The van der Waals surface area contributed by atoms with Crippen molar-refractivity contribution in [3.8, 4) is 0 Å². The first kappa shape index (κ1) is 15.3. The number of carbonyl (C=O) groups excluding carboxylic acids is 1. The summed E-state index contributed by atoms with van der Waals surface area (Å²) in [5.41, 5.74) is 3.13. The van der Waals surface area contributed by atoms with Crippen LogP contribution in [0.25, 0.3) is 11.0 Å². The number of hydrogen-bond acceptors (Lipinski definition) is 2. The van der Waals surface area contributed by atoms with Crippen LogP contribution in [0.2, 0.25) is 0 Å². The van der Waals surface area contributed by atoms with Gasteiger partial charge in [-0.3, -0.25) is 4.79 Å². The molecule has 0 bridgehead atoms. The van der Waals surface area contributed by atoms with E-state index in [0.29, 0.717) is 13.1 Å². The van der Waals surface area contributed by atoms with Crippen molar-refractivity contribution in [3.05, 3.63) is 66.0 Å². The number of nitrogens with one attached hydrogen (secondary N) is 1. The summed E-state index contributed by atoms with van der Waals surface area (Å²) in [6, 6.07) is 18.2. The molecule has 0 saturated carbocycles. The summed E-state index contributed by atoms with van der Waals surface area (Å²) < 4.78 is 2.02. The third kappa shape index (κ3) is 3.59. The Hall–Kier alpha value is -2.62. The Kier molecular flexibility index (Phi) is 4.71. The maximum atomic E-state index is 12.2. The van der Waals surface area contributed by atoms with E-state index in [1.54, 1.807) is 0 Å². The van der Waals surface area contributed by atoms with E-state index in [9.17, 15) is 4.79 Å². The third-order valence-electron chi connectivity index (χ3n) is 3.81. The Bertz CT molecular complexity index is 793. The zero-order valence-corrected chi connectivity index (χ0v) is 13.3. The largest absolute Gasteiger partial charge is 0.355 e. The highest BCUT2D eigenvalue weighted by Gasteiger charge is 2.13. The van der Waals surface area contributed by atoms with Crippen molar-refractivity contribution in [2.45, 2.75) is 26.3 Å². The molecule has 1 N–H and O–H groups in total. The maximum absolute atomic E-state index is 12.2. The molecule has 23 heavy (non-hydrogen) atoms. The van der Waals surface area contributed by atoms with Crippen molar-refractivity contribution in [1.82, 2.24) is 14.9 Å². The zero-order valence-electron chi connectivity index (χ0n) is 13.3. The highest BCUT2D eigenvalue weighted by molar-refractivity contribution is 5.81. The molecule has 0 unspecified atom stereocenters. The van der Waals surface area contributed by atoms with Crippen LogP contribution in [0.4, 0.5) is 0 Å². The molecular weight excluding hydrogens is 286 g/mol. The fourth-order valence-electron chi connectivity index (χ4n) is 2.68. The quantitative estimate of drug-likeness (QED) is 0.760. The van der Waals surface area contributed by atoms with Crippen molar-refractivity contribution < 1.29 is 4.79 Å². The molecule has 0 spiro atoms. The van der Waals surface area contributed by atoms with Crippen LogP contribution in [-0.4, -0.2) is 22.0 Å². The lowest BCUT2D eigenvalue weighted by atomic mass is 10.1. The first-order chi connectivity index (χ1) is 11.3. The fraction of sp³-hybridized carbons (Fsp3) is 0.263. The second-order valence-electron chi connectivity index (χ2n) is 5.62. The molecule has 4 nitrogen and oxygen atoms in total. The molecule has 1 amide bonds. The Balaban J connectivity index is 1.93. The number of imidazole rings is 1. The van der Waals surface area contributed by atoms with Crippen LogP contribution < -0.4 is 5.32 Å². The molecule has 4 heteroatoms. The monoisotopic (exact) mass is 307 g/mol. The molecule has 3 rings (SSSR count). The van der Waals surface area contributed by atoms with Crippen molar-refractivity contribution in [2.24, 2.45) is 0 Å². The normalized spacial score (nSPS) is 10.8. The molecule has 118 valence electrons. The van der Waals surface area contributed by atoms with E-state index in [-0.39, 0.29) is 5.91 Å². The number of amides is 1. The Morgan fingerprint density at radius 3 is 2.61 bits per heavy atom. The number of para-hydroxylation sites is 2. The number of nitrogens with zero attached hydrogens (tertiary/aromatic N) is 2. The lowest BCUT2D eigenvalue weighted by Crippen LogP contribution is -2.28. The van der Waals surface area contributed by atoms with E-state index in [4.69, 9.17) is 4.98 Å². The Morgan fingerprint density at radius 1 is 1.09 bits per heavy atom. The summed E-state index contributed by atoms with van der Waals surface area (Å²) in [5.74, 6) is 0.952. The van der Waals surface area contributed by atoms with Crippen molar-refractivity contribution in [1.29, 1.82) is 0 Å². The van der Waals surface area contributed by atoms with Crippen LogP contribution in [0.3, 0.4) is 0 Å². The van der Waals surface area contributed by atoms with Gasteiger partial charge in [-0.25, -0.2) is 4.98 Å². The van der Waals surface area contributed by atoms with Crippen LogP contribution in [0.1, 0.15) is 24.7 Å². The summed E-state index contributed by atoms with van der Waals surface area (Å²) in [6.07, 6.45) is 1.66. The van der Waals surface area contributed by atoms with Gasteiger partial charge in [-0.1, -0.05) is 49.4 Å². The van der Waals surface area contributed by atoms with Crippen molar-refractivity contribution in [2.75, 3.05) is 6.54 Å². The van der Waals surface area contributed by atoms with Crippen LogP contribution in [0.15, 0.2) is 54.6 Å². The fourth-order valence-corrected chi connectivity index (χ4v) is 2.68. The minimum Gasteiger partial charge on any atom is -0.355 e. The Morgan fingerprint density at radius 2 is 1.83 bits per heavy atom. The second-order valence-corrected chi connectivity index (χ2v) is 5.62. The Labute approximate surface area is 136 Å². The van der Waals surface area contributed by atoms with Gasteiger partial charge in [0.25, 0.3) is 0 Å². The molecule has 0 aliphatic heterocycles. The molecule has 0 saturated heterocycles. The van der Waals surface area contributed by atoms with E-state index in [1.165, 1.54) is 5.56 Å². The average molecular weight is 307 g/mol. The summed E-state index contributed by atoms with van der Waals surface area (Å²) >= 11 is 0. The first-order valence-corrected chi connectivity index (χ1v) is 8.02. The van der Waals surface area contributed by atoms with E-state index in [0.717, 1.165) is 29.7 Å². The molecule has 0 aliphatic carbocycles. The molecule has 0 radical (unpaired) electrons. The SMILES string of the molecule is CCCNC(=O)Cn1c(Cc2ccccc2)nc2ccccc21. The highest BCUT2D eigenvalue weighted by Crippen LogP contribution is 2.18. The van der Waals surface area contributed by atoms with Crippen LogP contribution in [-0.2, 0) is 17.8 Å². The van der Waals surface area contributed by atoms with Gasteiger partial charge in [0.2, 0.25) is 5.91 Å². The number of aromatic nitrogens is 2. The van der Waals surface area contributed by atoms with Gasteiger partial charge in [-0.05, 0) is 24.1 Å². The average Bonchev–Trinajstić information content (AvgIpc) is 2.91. The third-order valence-corrected chi connectivity index (χ3v) is 3.81. The standard InChI is InChI=1S/C19H21N3O/c1-2-12-20-19(23)14-22-17-11-7-6-10-16(17)21-18(22)13-15-8-4-3-5-9-15/h3-11H,2,12-14H2,1H3,(H,20,23). The summed E-state index contributed by atoms with van der Waals surface area (Å²) in [6.45, 7) is 3.07. The van der Waals surface area contributed by atoms with E-state index in [1.807, 2.05) is 54.0 Å². The predicted octanol–water partition coefficient (Wildman–Crippen LogP) is 3.15. The van der Waals surface area contributed by atoms with Crippen molar-refractivity contribution >= 4 is 16.9 Å². The van der Waals surface area contributed by atoms with Gasteiger partial charge in [-0.2, -0.15) is 0 Å². The first-order valence-electron chi connectivity index (χ1n) is 8.02. The van der Waals surface area contributed by atoms with E-state index >= 15 is 0 Å². The zero-order chi connectivity index (χ0) is 16.1. The van der Waals surface area contributed by atoms with E-state index < -0.39 is 0 Å². The number of fused-ring (bicyclic) bond motifs is 1. The molecule has 0 aliphatic rings. The molecule has 3 aromatic rings. The minimum atomic E-state index is 0.0318. The smallest absolute Gasteiger partial charge is 0.240 e. The summed E-state index contributed by atoms with van der Waals surface area (Å²) in [5, 5.41) is 2.94. The molecule has 1 heterocycles. The second kappa shape index (κ2) is 7.09. The number of benzene rings is 2. The van der Waals surface area contributed by atoms with Crippen LogP contribution in [0, 0.1) is 0 Å². The minimum absolute atomic E-state index is 0.0318. The van der Waals surface area contributed by atoms with Gasteiger partial charge in [0.15, 0.2) is 0 Å². The van der Waals surface area contributed by atoms with Gasteiger partial charge >= 0.3 is 0 Å². The van der Waals surface area contributed by atoms with Gasteiger partial charge in [0, 0.05) is 13.0 Å². The van der Waals surface area contributed by atoms with Crippen LogP contribution in [0.5, 0.6) is 0 Å². The maximum Gasteiger partial charge on any atom is 0.240 e. The lowest BCUT2D eigenvalue weighted by Gasteiger charge is -2.10.